The number of amides is 1. The SMILES string of the molecule is COc1ccc(Br)c(NC(=O)c2ccc(Br)c(C)c2)c1. The lowest BCUT2D eigenvalue weighted by Gasteiger charge is -2.10. The van der Waals surface area contributed by atoms with Crippen LogP contribution in [-0.4, -0.2) is 13.0 Å². The van der Waals surface area contributed by atoms with Gasteiger partial charge in [0.05, 0.1) is 12.8 Å². The van der Waals surface area contributed by atoms with Crippen molar-refractivity contribution in [1.29, 1.82) is 0 Å². The van der Waals surface area contributed by atoms with Gasteiger partial charge in [0.25, 0.3) is 5.91 Å². The molecule has 3 nitrogen and oxygen atoms in total. The first-order valence-electron chi connectivity index (χ1n) is 5.92. The molecular weight excluding hydrogens is 386 g/mol. The van der Waals surface area contributed by atoms with Gasteiger partial charge in [-0.05, 0) is 58.7 Å². The summed E-state index contributed by atoms with van der Waals surface area (Å²) in [5.41, 5.74) is 2.30. The van der Waals surface area contributed by atoms with Gasteiger partial charge in [-0.3, -0.25) is 4.79 Å². The van der Waals surface area contributed by atoms with E-state index in [9.17, 15) is 4.79 Å². The Kier molecular flexibility index (Phi) is 4.83. The molecule has 104 valence electrons. The van der Waals surface area contributed by atoms with Gasteiger partial charge < -0.3 is 10.1 Å². The number of carbonyl (C=O) groups excluding carboxylic acids is 1. The molecule has 2 aromatic carbocycles. The summed E-state index contributed by atoms with van der Waals surface area (Å²) < 4.78 is 6.94. The van der Waals surface area contributed by atoms with Crippen LogP contribution in [0, 0.1) is 6.92 Å². The Morgan fingerprint density at radius 2 is 1.80 bits per heavy atom. The molecule has 0 aromatic heterocycles. The van der Waals surface area contributed by atoms with Crippen molar-refractivity contribution in [1.82, 2.24) is 0 Å². The van der Waals surface area contributed by atoms with Gasteiger partial charge in [-0.15, -0.1) is 0 Å². The molecule has 0 heterocycles. The van der Waals surface area contributed by atoms with Crippen LogP contribution in [-0.2, 0) is 0 Å². The molecule has 20 heavy (non-hydrogen) atoms. The first-order valence-corrected chi connectivity index (χ1v) is 7.51. The zero-order chi connectivity index (χ0) is 14.7. The fraction of sp³-hybridized carbons (Fsp3) is 0.133. The molecule has 1 N–H and O–H groups in total. The molecule has 0 atom stereocenters. The molecule has 0 radical (unpaired) electrons. The van der Waals surface area contributed by atoms with Crippen LogP contribution in [0.4, 0.5) is 5.69 Å². The number of ether oxygens (including phenoxy) is 1. The highest BCUT2D eigenvalue weighted by atomic mass is 79.9. The molecule has 0 aliphatic rings. The van der Waals surface area contributed by atoms with Crippen LogP contribution in [0.25, 0.3) is 0 Å². The lowest BCUT2D eigenvalue weighted by Crippen LogP contribution is -2.12. The second-order valence-corrected chi connectivity index (χ2v) is 5.97. The monoisotopic (exact) mass is 397 g/mol. The number of aryl methyl sites for hydroxylation is 1. The molecule has 0 saturated carbocycles. The lowest BCUT2D eigenvalue weighted by atomic mass is 10.1. The number of rotatable bonds is 3. The van der Waals surface area contributed by atoms with Crippen LogP contribution in [0.2, 0.25) is 0 Å². The predicted molar refractivity (Wildman–Crippen MR) is 87.5 cm³/mol. The van der Waals surface area contributed by atoms with Gasteiger partial charge in [-0.2, -0.15) is 0 Å². The predicted octanol–water partition coefficient (Wildman–Crippen LogP) is 4.78. The summed E-state index contributed by atoms with van der Waals surface area (Å²) in [5, 5.41) is 2.87. The minimum Gasteiger partial charge on any atom is -0.497 e. The Bertz CT molecular complexity index is 656. The highest BCUT2D eigenvalue weighted by Gasteiger charge is 2.10. The van der Waals surface area contributed by atoms with E-state index in [-0.39, 0.29) is 5.91 Å². The van der Waals surface area contributed by atoms with Crippen molar-refractivity contribution in [2.75, 3.05) is 12.4 Å². The van der Waals surface area contributed by atoms with E-state index in [1.807, 2.05) is 31.2 Å². The summed E-state index contributed by atoms with van der Waals surface area (Å²) in [5.74, 6) is 0.532. The van der Waals surface area contributed by atoms with Crippen LogP contribution in [0.5, 0.6) is 5.75 Å². The van der Waals surface area contributed by atoms with Crippen molar-refractivity contribution >= 4 is 43.5 Å². The maximum absolute atomic E-state index is 12.2. The molecule has 0 saturated heterocycles. The molecular formula is C15H13Br2NO2. The minimum absolute atomic E-state index is 0.158. The van der Waals surface area contributed by atoms with Gasteiger partial charge in [-0.25, -0.2) is 0 Å². The fourth-order valence-corrected chi connectivity index (χ4v) is 2.30. The maximum atomic E-state index is 12.2. The maximum Gasteiger partial charge on any atom is 0.255 e. The summed E-state index contributed by atoms with van der Waals surface area (Å²) in [6.07, 6.45) is 0. The van der Waals surface area contributed by atoms with E-state index in [4.69, 9.17) is 4.74 Å². The van der Waals surface area contributed by atoms with E-state index in [1.165, 1.54) is 0 Å². The first-order chi connectivity index (χ1) is 9.51. The minimum atomic E-state index is -0.158. The zero-order valence-electron chi connectivity index (χ0n) is 11.0. The second kappa shape index (κ2) is 6.41. The van der Waals surface area contributed by atoms with Crippen molar-refractivity contribution in [3.8, 4) is 5.75 Å². The van der Waals surface area contributed by atoms with Crippen LogP contribution in [0.15, 0.2) is 45.3 Å². The molecule has 5 heteroatoms. The number of anilines is 1. The summed E-state index contributed by atoms with van der Waals surface area (Å²) in [4.78, 5) is 12.2. The third kappa shape index (κ3) is 3.41. The Hall–Kier alpha value is -1.33. The van der Waals surface area contributed by atoms with Gasteiger partial charge in [0.15, 0.2) is 0 Å². The zero-order valence-corrected chi connectivity index (χ0v) is 14.2. The van der Waals surface area contributed by atoms with E-state index in [0.717, 1.165) is 14.5 Å². The number of methoxy groups -OCH3 is 1. The number of halogens is 2. The molecule has 1 amide bonds. The van der Waals surface area contributed by atoms with E-state index in [0.29, 0.717) is 17.0 Å². The van der Waals surface area contributed by atoms with Crippen molar-refractivity contribution < 1.29 is 9.53 Å². The number of carbonyl (C=O) groups is 1. The fourth-order valence-electron chi connectivity index (χ4n) is 1.71. The second-order valence-electron chi connectivity index (χ2n) is 4.26. The van der Waals surface area contributed by atoms with Crippen LogP contribution >= 0.6 is 31.9 Å². The van der Waals surface area contributed by atoms with Crippen molar-refractivity contribution in [2.24, 2.45) is 0 Å². The summed E-state index contributed by atoms with van der Waals surface area (Å²) in [6.45, 7) is 1.95. The Morgan fingerprint density at radius 1 is 1.10 bits per heavy atom. The van der Waals surface area contributed by atoms with Crippen LogP contribution in [0.1, 0.15) is 15.9 Å². The Balaban J connectivity index is 2.25. The molecule has 0 spiro atoms. The van der Waals surface area contributed by atoms with Crippen LogP contribution < -0.4 is 10.1 Å². The lowest BCUT2D eigenvalue weighted by molar-refractivity contribution is 0.102. The van der Waals surface area contributed by atoms with Gasteiger partial charge >= 0.3 is 0 Å². The quantitative estimate of drug-likeness (QED) is 0.807. The third-order valence-corrected chi connectivity index (χ3v) is 4.42. The number of benzene rings is 2. The topological polar surface area (TPSA) is 38.3 Å². The molecule has 0 aliphatic carbocycles. The average Bonchev–Trinajstić information content (AvgIpc) is 2.44. The summed E-state index contributed by atoms with van der Waals surface area (Å²) in [7, 11) is 1.59. The highest BCUT2D eigenvalue weighted by molar-refractivity contribution is 9.10. The third-order valence-electron chi connectivity index (χ3n) is 2.84. The normalized spacial score (nSPS) is 10.2. The Morgan fingerprint density at radius 3 is 2.45 bits per heavy atom. The largest absolute Gasteiger partial charge is 0.497 e. The van der Waals surface area contributed by atoms with Crippen LogP contribution in [0.3, 0.4) is 0 Å². The molecule has 0 bridgehead atoms. The van der Waals surface area contributed by atoms with Gasteiger partial charge in [0, 0.05) is 20.6 Å². The first kappa shape index (κ1) is 15.1. The van der Waals surface area contributed by atoms with Gasteiger partial charge in [0.1, 0.15) is 5.75 Å². The van der Waals surface area contributed by atoms with E-state index in [2.05, 4.69) is 37.2 Å². The summed E-state index contributed by atoms with van der Waals surface area (Å²) >= 11 is 6.83. The highest BCUT2D eigenvalue weighted by Crippen LogP contribution is 2.27. The number of hydrogen-bond acceptors (Lipinski definition) is 2. The smallest absolute Gasteiger partial charge is 0.255 e. The molecule has 2 aromatic rings. The molecule has 0 fully saturated rings. The van der Waals surface area contributed by atoms with E-state index in [1.54, 1.807) is 19.2 Å². The van der Waals surface area contributed by atoms with Crippen molar-refractivity contribution in [2.45, 2.75) is 6.92 Å². The standard InChI is InChI=1S/C15H13Br2NO2/c1-9-7-10(3-5-12(9)16)15(19)18-14-8-11(20-2)4-6-13(14)17/h3-8H,1-2H3,(H,18,19). The molecule has 2 rings (SSSR count). The Labute approximate surface area is 134 Å². The van der Waals surface area contributed by atoms with Crippen molar-refractivity contribution in [3.63, 3.8) is 0 Å². The van der Waals surface area contributed by atoms with E-state index < -0.39 is 0 Å². The molecule has 0 unspecified atom stereocenters. The van der Waals surface area contributed by atoms with Gasteiger partial charge in [-0.1, -0.05) is 15.9 Å². The number of nitrogens with one attached hydrogen (secondary N) is 1. The van der Waals surface area contributed by atoms with Gasteiger partial charge in [0.2, 0.25) is 0 Å². The van der Waals surface area contributed by atoms with E-state index >= 15 is 0 Å². The number of hydrogen-bond donors (Lipinski definition) is 1. The molecule has 0 aliphatic heterocycles. The summed E-state index contributed by atoms with van der Waals surface area (Å²) in [6, 6.07) is 10.9. The van der Waals surface area contributed by atoms with Crippen molar-refractivity contribution in [3.05, 3.63) is 56.5 Å². The average molecular weight is 399 g/mol.